The van der Waals surface area contributed by atoms with Gasteiger partial charge in [-0.1, -0.05) is 35.9 Å². The van der Waals surface area contributed by atoms with Gasteiger partial charge >= 0.3 is 5.97 Å². The molecule has 41 heavy (non-hydrogen) atoms. The molecular formula is C30H21ClN4O6. The van der Waals surface area contributed by atoms with E-state index in [4.69, 9.17) is 26.0 Å². The third-order valence-electron chi connectivity index (χ3n) is 6.62. The molecule has 204 valence electrons. The predicted octanol–water partition coefficient (Wildman–Crippen LogP) is 6.38. The van der Waals surface area contributed by atoms with Crippen LogP contribution >= 0.6 is 11.6 Å². The number of carbonyl (C=O) groups is 2. The Hall–Kier alpha value is -5.27. The molecule has 0 fully saturated rings. The zero-order valence-electron chi connectivity index (χ0n) is 21.6. The molecule has 1 amide bonds. The second-order valence-electron chi connectivity index (χ2n) is 9.23. The van der Waals surface area contributed by atoms with Gasteiger partial charge in [0.1, 0.15) is 16.5 Å². The van der Waals surface area contributed by atoms with Gasteiger partial charge in [-0.2, -0.15) is 10.4 Å². The lowest BCUT2D eigenvalue weighted by molar-refractivity contribution is -0.384. The van der Waals surface area contributed by atoms with E-state index >= 15 is 0 Å². The minimum Gasteiger partial charge on any atom is -0.453 e. The monoisotopic (exact) mass is 568 g/mol. The predicted molar refractivity (Wildman–Crippen MR) is 150 cm³/mol. The number of fused-ring (bicyclic) bond motifs is 1. The number of aryl methyl sites for hydroxylation is 1. The summed E-state index contributed by atoms with van der Waals surface area (Å²) in [7, 11) is 0. The van der Waals surface area contributed by atoms with Gasteiger partial charge in [0.2, 0.25) is 5.76 Å². The number of nitrogens with one attached hydrogen (secondary N) is 1. The topological polar surface area (TPSA) is 148 Å². The number of hydrogen-bond donors (Lipinski definition) is 1. The molecule has 0 atom stereocenters. The van der Waals surface area contributed by atoms with Gasteiger partial charge in [0.25, 0.3) is 11.6 Å². The van der Waals surface area contributed by atoms with Crippen LogP contribution in [0.3, 0.4) is 0 Å². The fourth-order valence-corrected chi connectivity index (χ4v) is 4.74. The average molecular weight is 569 g/mol. The summed E-state index contributed by atoms with van der Waals surface area (Å²) in [6, 6.07) is 19.9. The van der Waals surface area contributed by atoms with E-state index < -0.39 is 16.8 Å². The Kier molecular flexibility index (Phi) is 7.63. The molecule has 0 spiro atoms. The zero-order chi connectivity index (χ0) is 29.1. The van der Waals surface area contributed by atoms with Crippen LogP contribution in [0.15, 0.2) is 76.2 Å². The van der Waals surface area contributed by atoms with E-state index in [1.165, 1.54) is 12.1 Å². The molecule has 0 radical (unpaired) electrons. The van der Waals surface area contributed by atoms with E-state index in [1.807, 2.05) is 24.3 Å². The van der Waals surface area contributed by atoms with Crippen molar-refractivity contribution in [2.75, 3.05) is 0 Å². The maximum Gasteiger partial charge on any atom is 0.379 e. The van der Waals surface area contributed by atoms with Crippen molar-refractivity contribution in [1.29, 1.82) is 5.26 Å². The first-order valence-corrected chi connectivity index (χ1v) is 12.9. The standard InChI is InChI=1S/C30H21ClN4O6/c1-17-27-24(33-34-29(36)21-11-14-23(31)25(15-21)35(38)39)3-2-4-26(27)41-28(17)30(37)40-22-12-9-20(10-13-22)19-7-5-18(16-32)6-8-19/h5-15H,2-4H2,1H3,(H,34,36)/b33-24+. The van der Waals surface area contributed by atoms with Crippen LogP contribution < -0.4 is 10.2 Å². The second-order valence-corrected chi connectivity index (χ2v) is 9.64. The third-order valence-corrected chi connectivity index (χ3v) is 6.94. The number of amides is 1. The Labute approximate surface area is 239 Å². The van der Waals surface area contributed by atoms with Crippen LogP contribution in [0.1, 0.15) is 56.2 Å². The summed E-state index contributed by atoms with van der Waals surface area (Å²) >= 11 is 5.83. The number of esters is 1. The number of rotatable bonds is 6. The molecule has 1 N–H and O–H groups in total. The fraction of sp³-hybridized carbons (Fsp3) is 0.133. The number of furan rings is 1. The number of hydrazone groups is 1. The summed E-state index contributed by atoms with van der Waals surface area (Å²) in [5.74, 6) is -0.374. The molecule has 5 rings (SSSR count). The van der Waals surface area contributed by atoms with Gasteiger partial charge in [-0.25, -0.2) is 10.2 Å². The van der Waals surface area contributed by atoms with Gasteiger partial charge in [0, 0.05) is 29.2 Å². The number of carbonyl (C=O) groups excluding carboxylic acids is 2. The van der Waals surface area contributed by atoms with Crippen LogP contribution in [-0.2, 0) is 6.42 Å². The highest BCUT2D eigenvalue weighted by Gasteiger charge is 2.29. The number of nitriles is 1. The van der Waals surface area contributed by atoms with Crippen LogP contribution in [0.25, 0.3) is 11.1 Å². The number of hydrogen-bond acceptors (Lipinski definition) is 8. The van der Waals surface area contributed by atoms with E-state index in [9.17, 15) is 19.7 Å². The van der Waals surface area contributed by atoms with Crippen LogP contribution in [0.2, 0.25) is 5.02 Å². The fourth-order valence-electron chi connectivity index (χ4n) is 4.56. The summed E-state index contributed by atoms with van der Waals surface area (Å²) in [4.78, 5) is 36.1. The molecule has 0 saturated carbocycles. The Morgan fingerprint density at radius 1 is 1.07 bits per heavy atom. The maximum absolute atomic E-state index is 13.0. The largest absolute Gasteiger partial charge is 0.453 e. The molecule has 1 aliphatic carbocycles. The van der Waals surface area contributed by atoms with Crippen LogP contribution in [0.4, 0.5) is 5.69 Å². The quantitative estimate of drug-likeness (QED) is 0.123. The third kappa shape index (κ3) is 5.71. The lowest BCUT2D eigenvalue weighted by Crippen LogP contribution is -2.22. The lowest BCUT2D eigenvalue weighted by atomic mass is 9.93. The van der Waals surface area contributed by atoms with E-state index in [0.29, 0.717) is 53.2 Å². The highest BCUT2D eigenvalue weighted by Crippen LogP contribution is 2.31. The number of nitrogens with zero attached hydrogens (tertiary/aromatic N) is 3. The highest BCUT2D eigenvalue weighted by molar-refractivity contribution is 6.32. The molecule has 0 aliphatic heterocycles. The van der Waals surface area contributed by atoms with E-state index in [-0.39, 0.29) is 22.0 Å². The Bertz CT molecular complexity index is 1750. The highest BCUT2D eigenvalue weighted by atomic mass is 35.5. The number of nitro groups is 1. The van der Waals surface area contributed by atoms with Crippen molar-refractivity contribution >= 4 is 34.9 Å². The first-order chi connectivity index (χ1) is 19.7. The minimum absolute atomic E-state index is 0.0277. The molecule has 0 bridgehead atoms. The first-order valence-electron chi connectivity index (χ1n) is 12.5. The molecule has 10 nitrogen and oxygen atoms in total. The van der Waals surface area contributed by atoms with Gasteiger partial charge < -0.3 is 9.15 Å². The minimum atomic E-state index is -0.669. The van der Waals surface area contributed by atoms with E-state index in [1.54, 1.807) is 31.2 Å². The number of halogens is 1. The van der Waals surface area contributed by atoms with Crippen LogP contribution in [0, 0.1) is 28.4 Å². The lowest BCUT2D eigenvalue weighted by Gasteiger charge is -2.13. The molecule has 1 aromatic heterocycles. The summed E-state index contributed by atoms with van der Waals surface area (Å²) in [5, 5.41) is 24.3. The van der Waals surface area contributed by atoms with Gasteiger partial charge in [-0.3, -0.25) is 14.9 Å². The van der Waals surface area contributed by atoms with Crippen molar-refractivity contribution in [3.8, 4) is 22.9 Å². The zero-order valence-corrected chi connectivity index (χ0v) is 22.4. The van der Waals surface area contributed by atoms with Crippen molar-refractivity contribution in [2.45, 2.75) is 26.2 Å². The maximum atomic E-state index is 13.0. The van der Waals surface area contributed by atoms with Crippen molar-refractivity contribution in [3.05, 3.63) is 116 Å². The van der Waals surface area contributed by atoms with Crippen LogP contribution in [0.5, 0.6) is 5.75 Å². The molecule has 4 aromatic rings. The number of benzene rings is 3. The van der Waals surface area contributed by atoms with Gasteiger partial charge in [-0.15, -0.1) is 0 Å². The molecular weight excluding hydrogens is 548 g/mol. The Morgan fingerprint density at radius 2 is 1.76 bits per heavy atom. The number of nitro benzene ring substituents is 1. The van der Waals surface area contributed by atoms with Gasteiger partial charge in [0.05, 0.1) is 22.3 Å². The Morgan fingerprint density at radius 3 is 2.41 bits per heavy atom. The van der Waals surface area contributed by atoms with Crippen molar-refractivity contribution in [1.82, 2.24) is 5.43 Å². The van der Waals surface area contributed by atoms with Crippen LogP contribution in [-0.4, -0.2) is 22.5 Å². The van der Waals surface area contributed by atoms with Gasteiger partial charge in [0.15, 0.2) is 0 Å². The summed E-state index contributed by atoms with van der Waals surface area (Å²) < 4.78 is 11.4. The molecule has 3 aromatic carbocycles. The van der Waals surface area contributed by atoms with E-state index in [0.717, 1.165) is 17.2 Å². The number of ether oxygens (including phenoxy) is 1. The SMILES string of the molecule is Cc1c(C(=O)Oc2ccc(-c3ccc(C#N)cc3)cc2)oc2c1/C(=N/NC(=O)c1ccc(Cl)c([N+](=O)[O-])c1)CCC2. The average Bonchev–Trinajstić information content (AvgIpc) is 3.33. The molecule has 1 aliphatic rings. The summed E-state index contributed by atoms with van der Waals surface area (Å²) in [6.45, 7) is 1.72. The Balaban J connectivity index is 1.31. The van der Waals surface area contributed by atoms with E-state index in [2.05, 4.69) is 16.6 Å². The second kappa shape index (κ2) is 11.5. The van der Waals surface area contributed by atoms with Crippen molar-refractivity contribution in [3.63, 3.8) is 0 Å². The summed E-state index contributed by atoms with van der Waals surface area (Å²) in [6.07, 6.45) is 1.80. The van der Waals surface area contributed by atoms with Crippen molar-refractivity contribution in [2.24, 2.45) is 5.10 Å². The smallest absolute Gasteiger partial charge is 0.379 e. The molecule has 11 heteroatoms. The van der Waals surface area contributed by atoms with Gasteiger partial charge in [-0.05, 0) is 67.3 Å². The normalized spacial score (nSPS) is 13.2. The molecule has 0 saturated heterocycles. The molecule has 0 unspecified atom stereocenters. The first kappa shape index (κ1) is 27.3. The molecule has 1 heterocycles. The summed E-state index contributed by atoms with van der Waals surface area (Å²) in [5.41, 5.74) is 6.15. The van der Waals surface area contributed by atoms with Crippen molar-refractivity contribution < 1.29 is 23.7 Å².